The van der Waals surface area contributed by atoms with E-state index >= 15 is 0 Å². The Morgan fingerprint density at radius 1 is 1.11 bits per heavy atom. The van der Waals surface area contributed by atoms with Crippen LogP contribution in [0, 0.1) is 11.3 Å². The molecule has 1 aromatic carbocycles. The molecule has 0 unspecified atom stereocenters. The number of halogens is 1. The Morgan fingerprint density at radius 3 is 2.47 bits per heavy atom. The molecule has 57 heavy (non-hydrogen) atoms. The lowest BCUT2D eigenvalue weighted by Crippen LogP contribution is -2.59. The molecule has 17 heteroatoms. The fourth-order valence-corrected chi connectivity index (χ4v) is 8.63. The van der Waals surface area contributed by atoms with Gasteiger partial charge in [0.15, 0.2) is 5.13 Å². The molecule has 0 bridgehead atoms. The van der Waals surface area contributed by atoms with Gasteiger partial charge in [0, 0.05) is 35.6 Å². The van der Waals surface area contributed by atoms with E-state index in [9.17, 15) is 29.1 Å². The minimum atomic E-state index is -1.54. The first-order valence-corrected chi connectivity index (χ1v) is 20.9. The maximum absolute atomic E-state index is 14.6. The van der Waals surface area contributed by atoms with E-state index in [-0.39, 0.29) is 37.8 Å². The number of carboxylic acid groups (broad SMARTS) is 1. The Bertz CT molecular complexity index is 2060. The zero-order chi connectivity index (χ0) is 41.2. The number of amides is 4. The molecule has 5 atom stereocenters. The summed E-state index contributed by atoms with van der Waals surface area (Å²) in [7, 11) is 0. The smallest absolute Gasteiger partial charge is 0.408 e. The Balaban J connectivity index is 1.35. The van der Waals surface area contributed by atoms with E-state index in [4.69, 9.17) is 19.2 Å². The van der Waals surface area contributed by atoms with Gasteiger partial charge in [0.2, 0.25) is 17.7 Å². The molecule has 3 fully saturated rings. The van der Waals surface area contributed by atoms with Crippen LogP contribution in [0.25, 0.3) is 22.3 Å². The van der Waals surface area contributed by atoms with Crippen molar-refractivity contribution < 1.29 is 43.3 Å². The summed E-state index contributed by atoms with van der Waals surface area (Å²) in [5.74, 6) is -2.11. The fraction of sp³-hybridized carbons (Fsp3) is 0.525. The first-order valence-electron chi connectivity index (χ1n) is 19.2. The molecule has 0 radical (unpaired) electrons. The van der Waals surface area contributed by atoms with Crippen molar-refractivity contribution in [3.8, 4) is 22.9 Å². The number of alkyl carbamates (subject to hydrolysis) is 1. The zero-order valence-corrected chi connectivity index (χ0v) is 35.1. The first-order chi connectivity index (χ1) is 27.1. The number of benzene rings is 1. The number of hydrogen-bond acceptors (Lipinski definition) is 11. The van der Waals surface area contributed by atoms with Crippen LogP contribution in [0.4, 0.5) is 9.93 Å². The van der Waals surface area contributed by atoms with Crippen LogP contribution in [0.2, 0.25) is 0 Å². The number of pyridine rings is 1. The van der Waals surface area contributed by atoms with Crippen molar-refractivity contribution in [3.63, 3.8) is 0 Å². The average Bonchev–Trinajstić information content (AvgIpc) is 3.58. The number of rotatable bonds is 14. The summed E-state index contributed by atoms with van der Waals surface area (Å²) in [6.45, 7) is 13.1. The molecule has 1 saturated heterocycles. The largest absolute Gasteiger partial charge is 0.493 e. The number of likely N-dealkylation sites (tertiary alicyclic amines) is 1. The lowest BCUT2D eigenvalue weighted by molar-refractivity contribution is -0.146. The SMILES string of the molecule is C=C[C@@H]1C[C@]1(NC(=O)[C@@H]1C[C@@H](Oc2cc(-c3csc(NC(=O)CC)n3)nc3c(Br)c(OCC)ccc23)CN1C(=O)[C@@H](NC(=O)OC1CCCC1)C(C)(C)C)C(=O)O. The van der Waals surface area contributed by atoms with E-state index in [0.29, 0.717) is 50.0 Å². The molecular formula is C40H49BrN6O9S. The molecule has 1 aliphatic heterocycles. The number of hydrogen-bond donors (Lipinski definition) is 4. The van der Waals surface area contributed by atoms with Crippen LogP contribution < -0.4 is 25.4 Å². The van der Waals surface area contributed by atoms with Crippen LogP contribution in [0.1, 0.15) is 79.6 Å². The van der Waals surface area contributed by atoms with Crippen molar-refractivity contribution in [3.05, 3.63) is 40.7 Å². The predicted molar refractivity (Wildman–Crippen MR) is 217 cm³/mol. The molecule has 15 nitrogen and oxygen atoms in total. The lowest BCUT2D eigenvalue weighted by Gasteiger charge is -2.35. The van der Waals surface area contributed by atoms with Crippen molar-refractivity contribution in [2.45, 2.75) is 109 Å². The van der Waals surface area contributed by atoms with E-state index < -0.39 is 58.9 Å². The van der Waals surface area contributed by atoms with Crippen LogP contribution in [0.15, 0.2) is 40.7 Å². The number of aliphatic carboxylic acids is 1. The predicted octanol–water partition coefficient (Wildman–Crippen LogP) is 6.45. The standard InChI is InChI=1S/C40H49BrN6O9S/c1-7-21-18-40(21,36(51)52)46-34(49)27-16-23(19-47(27)35(50)33(39(4,5)6)45-38(53)56-22-12-10-11-13-22)55-29-17-25(26-20-57-37(43-26)44-30(48)8-2)42-32-24(29)14-15-28(31(32)41)54-9-3/h7,14-15,17,20-23,27,33H,1,8-13,16,18-19H2,2-6H3,(H,45,53)(H,46,49)(H,51,52)(H,43,44,48)/t21-,23-,27+,33-,40-/m1/s1. The maximum Gasteiger partial charge on any atom is 0.408 e. The van der Waals surface area contributed by atoms with Gasteiger partial charge in [0.25, 0.3) is 0 Å². The van der Waals surface area contributed by atoms with Gasteiger partial charge in [-0.1, -0.05) is 33.8 Å². The van der Waals surface area contributed by atoms with Crippen LogP contribution in [-0.4, -0.2) is 92.7 Å². The van der Waals surface area contributed by atoms with Gasteiger partial charge < -0.3 is 40.2 Å². The highest BCUT2D eigenvalue weighted by atomic mass is 79.9. The first kappa shape index (κ1) is 41.9. The Hall–Kier alpha value is -4.77. The van der Waals surface area contributed by atoms with Crippen LogP contribution in [0.3, 0.4) is 0 Å². The van der Waals surface area contributed by atoms with E-state index in [1.54, 1.807) is 45.2 Å². The molecule has 3 aliphatic rings. The van der Waals surface area contributed by atoms with Crippen LogP contribution in [-0.2, 0) is 23.9 Å². The van der Waals surface area contributed by atoms with Gasteiger partial charge in [-0.25, -0.2) is 19.6 Å². The molecule has 4 N–H and O–H groups in total. The molecule has 2 aliphatic carbocycles. The van der Waals surface area contributed by atoms with Crippen molar-refractivity contribution in [1.29, 1.82) is 0 Å². The molecule has 2 saturated carbocycles. The van der Waals surface area contributed by atoms with Crippen molar-refractivity contribution in [2.75, 3.05) is 18.5 Å². The zero-order valence-electron chi connectivity index (χ0n) is 32.7. The van der Waals surface area contributed by atoms with Crippen molar-refractivity contribution in [1.82, 2.24) is 25.5 Å². The summed E-state index contributed by atoms with van der Waals surface area (Å²) < 4.78 is 18.8. The van der Waals surface area contributed by atoms with Crippen molar-refractivity contribution in [2.24, 2.45) is 11.3 Å². The van der Waals surface area contributed by atoms with E-state index in [2.05, 4.69) is 43.4 Å². The maximum atomic E-state index is 14.6. The quantitative estimate of drug-likeness (QED) is 0.130. The molecule has 2 aromatic heterocycles. The number of aromatic nitrogens is 2. The van der Waals surface area contributed by atoms with E-state index in [1.807, 2.05) is 13.0 Å². The highest BCUT2D eigenvalue weighted by molar-refractivity contribution is 9.10. The number of nitrogens with one attached hydrogen (secondary N) is 3. The minimum Gasteiger partial charge on any atom is -0.493 e. The second-order valence-corrected chi connectivity index (χ2v) is 17.4. The molecule has 3 heterocycles. The fourth-order valence-electron chi connectivity index (χ4n) is 7.36. The van der Waals surface area contributed by atoms with Gasteiger partial charge in [-0.05, 0) is 72.5 Å². The van der Waals surface area contributed by atoms with Crippen LogP contribution in [0.5, 0.6) is 11.5 Å². The van der Waals surface area contributed by atoms with Gasteiger partial charge >= 0.3 is 12.1 Å². The van der Waals surface area contributed by atoms with Gasteiger partial charge in [0.05, 0.1) is 28.8 Å². The number of carbonyl (C=O) groups is 5. The molecule has 6 rings (SSSR count). The Labute approximate surface area is 343 Å². The third-order valence-corrected chi connectivity index (χ3v) is 12.1. The number of thiazole rings is 1. The van der Waals surface area contributed by atoms with Gasteiger partial charge in [-0.2, -0.15) is 0 Å². The van der Waals surface area contributed by atoms with Crippen molar-refractivity contribution >= 4 is 73.1 Å². The molecule has 306 valence electrons. The average molecular weight is 870 g/mol. The topological polar surface area (TPSA) is 198 Å². The monoisotopic (exact) mass is 868 g/mol. The molecule has 0 spiro atoms. The summed E-state index contributed by atoms with van der Waals surface area (Å²) >= 11 is 4.90. The second kappa shape index (κ2) is 17.0. The number of ether oxygens (including phenoxy) is 3. The summed E-state index contributed by atoms with van der Waals surface area (Å²) in [6.07, 6.45) is 3.67. The van der Waals surface area contributed by atoms with E-state index in [0.717, 1.165) is 25.7 Å². The number of carbonyl (C=O) groups excluding carboxylic acids is 4. The third kappa shape index (κ3) is 9.03. The Morgan fingerprint density at radius 2 is 1.84 bits per heavy atom. The Kier molecular flexibility index (Phi) is 12.5. The number of anilines is 1. The van der Waals surface area contributed by atoms with Gasteiger partial charge in [0.1, 0.15) is 47.0 Å². The number of nitrogens with zero attached hydrogens (tertiary/aromatic N) is 3. The van der Waals surface area contributed by atoms with Gasteiger partial charge in [-0.15, -0.1) is 17.9 Å². The summed E-state index contributed by atoms with van der Waals surface area (Å²) in [6, 6.07) is 3.07. The minimum absolute atomic E-state index is 0.0106. The van der Waals surface area contributed by atoms with E-state index in [1.165, 1.54) is 22.3 Å². The summed E-state index contributed by atoms with van der Waals surface area (Å²) in [5, 5.41) is 21.2. The lowest BCUT2D eigenvalue weighted by atomic mass is 9.85. The molecular weight excluding hydrogens is 820 g/mol. The highest BCUT2D eigenvalue weighted by Gasteiger charge is 2.61. The summed E-state index contributed by atoms with van der Waals surface area (Å²) in [4.78, 5) is 77.3. The highest BCUT2D eigenvalue weighted by Crippen LogP contribution is 2.45. The van der Waals surface area contributed by atoms with Gasteiger partial charge in [-0.3, -0.25) is 14.4 Å². The number of carboxylic acids is 1. The number of fused-ring (bicyclic) bond motifs is 1. The second-order valence-electron chi connectivity index (χ2n) is 15.7. The molecule has 4 amide bonds. The summed E-state index contributed by atoms with van der Waals surface area (Å²) in [5.41, 5.74) is -0.918. The van der Waals surface area contributed by atoms with Crippen LogP contribution >= 0.6 is 27.3 Å². The molecule has 3 aromatic rings. The third-order valence-electron chi connectivity index (χ3n) is 10.6. The normalized spacial score (nSPS) is 22.4.